The van der Waals surface area contributed by atoms with E-state index in [1.807, 2.05) is 6.07 Å². The summed E-state index contributed by atoms with van der Waals surface area (Å²) in [5.74, 6) is -0.885. The maximum atomic E-state index is 13.7. The summed E-state index contributed by atoms with van der Waals surface area (Å²) in [7, 11) is 0. The zero-order chi connectivity index (χ0) is 23.0. The Morgan fingerprint density at radius 2 is 2.12 bits per heavy atom. The molecule has 0 fully saturated rings. The number of nitrogens with one attached hydrogen (secondary N) is 2. The topological polar surface area (TPSA) is 116 Å². The van der Waals surface area contributed by atoms with Crippen molar-refractivity contribution in [1.82, 2.24) is 19.6 Å². The molecular formula is C21H15F3N6O2. The fraction of sp³-hybridized carbons (Fsp3) is 0.190. The van der Waals surface area contributed by atoms with Crippen molar-refractivity contribution in [2.45, 2.75) is 25.9 Å². The highest BCUT2D eigenvalue weighted by molar-refractivity contribution is 6.06. The third-order valence-electron chi connectivity index (χ3n) is 4.92. The number of rotatable bonds is 3. The average Bonchev–Trinajstić information content (AvgIpc) is 3.15. The van der Waals surface area contributed by atoms with Crippen molar-refractivity contribution >= 4 is 22.8 Å². The molecule has 162 valence electrons. The van der Waals surface area contributed by atoms with Gasteiger partial charge in [-0.25, -0.2) is 9.50 Å². The lowest BCUT2D eigenvalue weighted by molar-refractivity contribution is -0.141. The van der Waals surface area contributed by atoms with Crippen LogP contribution >= 0.6 is 0 Å². The molecule has 0 saturated heterocycles. The molecule has 0 bridgehead atoms. The number of alkyl halides is 3. The molecule has 0 spiro atoms. The van der Waals surface area contributed by atoms with Crippen molar-refractivity contribution in [2.75, 3.05) is 5.32 Å². The van der Waals surface area contributed by atoms with E-state index in [0.29, 0.717) is 12.8 Å². The van der Waals surface area contributed by atoms with Crippen LogP contribution in [0.5, 0.6) is 0 Å². The number of H-pyrrole nitrogens is 1. The fourth-order valence-corrected chi connectivity index (χ4v) is 3.49. The Labute approximate surface area is 178 Å². The van der Waals surface area contributed by atoms with Gasteiger partial charge in [0.1, 0.15) is 17.3 Å². The minimum atomic E-state index is -4.82. The number of hydrogen-bond donors (Lipinski definition) is 2. The van der Waals surface area contributed by atoms with Gasteiger partial charge in [0.05, 0.1) is 11.3 Å². The quantitative estimate of drug-likeness (QED) is 0.646. The molecule has 0 atom stereocenters. The van der Waals surface area contributed by atoms with Gasteiger partial charge < -0.3 is 5.32 Å². The predicted octanol–water partition coefficient (Wildman–Crippen LogP) is 3.60. The Morgan fingerprint density at radius 1 is 1.34 bits per heavy atom. The summed E-state index contributed by atoms with van der Waals surface area (Å²) >= 11 is 0. The number of allylic oxidation sites excluding steroid dienone is 4. The molecule has 4 rings (SSSR count). The standard InChI is InChI=1S/C21H15F3N6O2/c1-11-15(20(32)27-14-7-8-26-10-13(14)9-25)17(31)19-28-18(21(22,23)24)16(30(19)29-11)12-5-3-2-4-6-12/h3,5-8,10,29H,2,4H2,1H3,(H,26,27,32). The molecule has 3 aromatic heterocycles. The highest BCUT2D eigenvalue weighted by atomic mass is 19.4. The summed E-state index contributed by atoms with van der Waals surface area (Å²) in [6.45, 7) is 1.40. The number of aryl methyl sites for hydroxylation is 1. The lowest BCUT2D eigenvalue weighted by atomic mass is 10.0. The van der Waals surface area contributed by atoms with E-state index < -0.39 is 34.4 Å². The summed E-state index contributed by atoms with van der Waals surface area (Å²) in [5, 5.41) is 14.3. The van der Waals surface area contributed by atoms with Crippen LogP contribution in [0.1, 0.15) is 45.8 Å². The molecule has 0 aliphatic heterocycles. The van der Waals surface area contributed by atoms with Crippen LogP contribution in [-0.4, -0.2) is 25.5 Å². The fourth-order valence-electron chi connectivity index (χ4n) is 3.49. The molecular weight excluding hydrogens is 425 g/mol. The Hall–Kier alpha value is -4.20. The smallest absolute Gasteiger partial charge is 0.320 e. The van der Waals surface area contributed by atoms with E-state index in [0.717, 1.165) is 4.52 Å². The zero-order valence-electron chi connectivity index (χ0n) is 16.6. The second-order valence-electron chi connectivity index (χ2n) is 7.03. The number of pyridine rings is 1. The minimum Gasteiger partial charge on any atom is -0.320 e. The van der Waals surface area contributed by atoms with Crippen LogP contribution in [0.4, 0.5) is 18.9 Å². The number of hydrogen-bond acceptors (Lipinski definition) is 5. The van der Waals surface area contributed by atoms with Crippen molar-refractivity contribution in [3.8, 4) is 6.07 Å². The normalized spacial score (nSPS) is 13.7. The maximum absolute atomic E-state index is 13.7. The Balaban J connectivity index is 1.90. The molecule has 1 amide bonds. The summed E-state index contributed by atoms with van der Waals surface area (Å²) < 4.78 is 42.2. The largest absolute Gasteiger partial charge is 0.435 e. The number of carbonyl (C=O) groups excluding carboxylic acids is 1. The monoisotopic (exact) mass is 440 g/mol. The number of anilines is 1. The molecule has 0 aromatic carbocycles. The molecule has 32 heavy (non-hydrogen) atoms. The van der Waals surface area contributed by atoms with E-state index in [1.54, 1.807) is 18.2 Å². The Kier molecular flexibility index (Phi) is 5.14. The molecule has 0 unspecified atom stereocenters. The van der Waals surface area contributed by atoms with Crippen molar-refractivity contribution in [2.24, 2.45) is 0 Å². The molecule has 3 heterocycles. The number of aromatic nitrogens is 4. The van der Waals surface area contributed by atoms with Gasteiger partial charge in [0.15, 0.2) is 5.69 Å². The van der Waals surface area contributed by atoms with Gasteiger partial charge in [0, 0.05) is 18.1 Å². The molecule has 0 radical (unpaired) electrons. The molecule has 2 N–H and O–H groups in total. The summed E-state index contributed by atoms with van der Waals surface area (Å²) in [6.07, 6.45) is 3.93. The lowest BCUT2D eigenvalue weighted by Crippen LogP contribution is -2.26. The third-order valence-corrected chi connectivity index (χ3v) is 4.92. The van der Waals surface area contributed by atoms with Gasteiger partial charge in [-0.05, 0) is 31.4 Å². The first-order valence-electron chi connectivity index (χ1n) is 9.47. The molecule has 8 nitrogen and oxygen atoms in total. The van der Waals surface area contributed by atoms with Crippen LogP contribution in [0.3, 0.4) is 0 Å². The molecule has 0 saturated carbocycles. The summed E-state index contributed by atoms with van der Waals surface area (Å²) in [4.78, 5) is 33.2. The second-order valence-corrected chi connectivity index (χ2v) is 7.03. The zero-order valence-corrected chi connectivity index (χ0v) is 16.6. The number of halogens is 3. The van der Waals surface area contributed by atoms with Crippen molar-refractivity contribution in [3.05, 3.63) is 75.1 Å². The first kappa shape index (κ1) is 21.0. The van der Waals surface area contributed by atoms with Crippen molar-refractivity contribution < 1.29 is 18.0 Å². The number of carbonyl (C=O) groups is 1. The number of nitriles is 1. The number of amides is 1. The Morgan fingerprint density at radius 3 is 2.78 bits per heavy atom. The van der Waals surface area contributed by atoms with Crippen molar-refractivity contribution in [1.29, 1.82) is 5.26 Å². The van der Waals surface area contributed by atoms with Crippen LogP contribution in [0.2, 0.25) is 0 Å². The SMILES string of the molecule is Cc1[nH]n2c(C3=CCCC=C3)c(C(F)(F)F)nc2c(=O)c1C(=O)Nc1ccncc1C#N. The third kappa shape index (κ3) is 3.56. The first-order chi connectivity index (χ1) is 15.2. The highest BCUT2D eigenvalue weighted by Gasteiger charge is 2.40. The first-order valence-corrected chi connectivity index (χ1v) is 9.47. The van der Waals surface area contributed by atoms with Crippen LogP contribution in [0, 0.1) is 18.3 Å². The molecule has 3 aromatic rings. The van der Waals surface area contributed by atoms with Gasteiger partial charge >= 0.3 is 6.18 Å². The van der Waals surface area contributed by atoms with E-state index in [9.17, 15) is 22.8 Å². The average molecular weight is 440 g/mol. The molecule has 1 aliphatic carbocycles. The number of imidazole rings is 1. The molecule has 11 heteroatoms. The van der Waals surface area contributed by atoms with Crippen molar-refractivity contribution in [3.63, 3.8) is 0 Å². The maximum Gasteiger partial charge on any atom is 0.435 e. The van der Waals surface area contributed by atoms with Crippen LogP contribution in [0.25, 0.3) is 11.2 Å². The number of aromatic amines is 1. The van der Waals surface area contributed by atoms with E-state index in [2.05, 4.69) is 20.4 Å². The van der Waals surface area contributed by atoms with E-state index in [4.69, 9.17) is 5.26 Å². The number of fused-ring (bicyclic) bond motifs is 1. The number of nitrogens with zero attached hydrogens (tertiary/aromatic N) is 4. The molecule has 1 aliphatic rings. The van der Waals surface area contributed by atoms with Gasteiger partial charge in [-0.1, -0.05) is 18.2 Å². The van der Waals surface area contributed by atoms with Gasteiger partial charge in [-0.2, -0.15) is 18.4 Å². The van der Waals surface area contributed by atoms with E-state index >= 15 is 0 Å². The van der Waals surface area contributed by atoms with Gasteiger partial charge in [0.2, 0.25) is 11.1 Å². The minimum absolute atomic E-state index is 0.0420. The Bertz CT molecular complexity index is 1410. The van der Waals surface area contributed by atoms with Crippen LogP contribution in [-0.2, 0) is 6.18 Å². The summed E-state index contributed by atoms with van der Waals surface area (Å²) in [6, 6.07) is 3.23. The van der Waals surface area contributed by atoms with E-state index in [1.165, 1.54) is 25.4 Å². The predicted molar refractivity (Wildman–Crippen MR) is 109 cm³/mol. The highest BCUT2D eigenvalue weighted by Crippen LogP contribution is 2.36. The lowest BCUT2D eigenvalue weighted by Gasteiger charge is -2.12. The van der Waals surface area contributed by atoms with Crippen LogP contribution < -0.4 is 10.7 Å². The van der Waals surface area contributed by atoms with Crippen LogP contribution in [0.15, 0.2) is 41.5 Å². The van der Waals surface area contributed by atoms with Gasteiger partial charge in [-0.15, -0.1) is 0 Å². The van der Waals surface area contributed by atoms with Gasteiger partial charge in [0.25, 0.3) is 5.91 Å². The second kappa shape index (κ2) is 7.81. The van der Waals surface area contributed by atoms with Gasteiger partial charge in [-0.3, -0.25) is 19.7 Å². The van der Waals surface area contributed by atoms with E-state index in [-0.39, 0.29) is 28.2 Å². The summed E-state index contributed by atoms with van der Waals surface area (Å²) in [5.41, 5.74) is -2.95.